The van der Waals surface area contributed by atoms with Gasteiger partial charge in [0.05, 0.1) is 5.69 Å². The number of nitrogens with zero attached hydrogens (tertiary/aromatic N) is 2. The molecule has 1 rings (SSSR count). The maximum absolute atomic E-state index is 13.5. The third-order valence-corrected chi connectivity index (χ3v) is 3.19. The topological polar surface area (TPSA) is 24.7 Å². The largest absolute Gasteiger partial charge is 0.292 e. The molecule has 0 saturated heterocycles. The van der Waals surface area contributed by atoms with Crippen LogP contribution < -0.4 is 0 Å². The summed E-state index contributed by atoms with van der Waals surface area (Å²) in [4.78, 5) is 8.64. The van der Waals surface area contributed by atoms with Crippen LogP contribution in [0.4, 0.5) is 14.5 Å². The fraction of sp³-hybridized carbons (Fsp3) is 0.375. The molecule has 20 heavy (non-hydrogen) atoms. The minimum Gasteiger partial charge on any atom is -0.292 e. The van der Waals surface area contributed by atoms with Crippen LogP contribution in [-0.4, -0.2) is 18.5 Å². The fourth-order valence-corrected chi connectivity index (χ4v) is 2.06. The Bertz CT molecular complexity index is 584. The van der Waals surface area contributed by atoms with E-state index in [4.69, 9.17) is 0 Å². The lowest BCUT2D eigenvalue weighted by Gasteiger charge is -2.10. The number of hydrogen-bond donors (Lipinski definition) is 0. The Morgan fingerprint density at radius 3 is 2.45 bits per heavy atom. The molecule has 108 valence electrons. The third-order valence-electron chi connectivity index (χ3n) is 3.19. The molecule has 0 aliphatic heterocycles. The van der Waals surface area contributed by atoms with Crippen LogP contribution in [0, 0.1) is 18.6 Å². The molecule has 0 heterocycles. The van der Waals surface area contributed by atoms with E-state index in [1.165, 1.54) is 13.0 Å². The van der Waals surface area contributed by atoms with Gasteiger partial charge in [-0.05, 0) is 39.3 Å². The Balaban J connectivity index is 3.27. The van der Waals surface area contributed by atoms with Crippen molar-refractivity contribution in [1.82, 2.24) is 0 Å². The molecule has 0 amide bonds. The van der Waals surface area contributed by atoms with Crippen LogP contribution in [0.2, 0.25) is 0 Å². The summed E-state index contributed by atoms with van der Waals surface area (Å²) in [5.41, 5.74) is 3.26. The van der Waals surface area contributed by atoms with Gasteiger partial charge in [-0.15, -0.1) is 0 Å². The second kappa shape index (κ2) is 7.08. The molecule has 0 atom stereocenters. The first-order valence-electron chi connectivity index (χ1n) is 6.58. The van der Waals surface area contributed by atoms with Crippen LogP contribution in [0.15, 0.2) is 33.8 Å². The number of halogens is 2. The Hall–Kier alpha value is -1.84. The van der Waals surface area contributed by atoms with Gasteiger partial charge in [0.1, 0.15) is 0 Å². The van der Waals surface area contributed by atoms with E-state index in [0.717, 1.165) is 29.5 Å². The molecule has 0 unspecified atom stereocenters. The zero-order chi connectivity index (χ0) is 15.3. The lowest BCUT2D eigenvalue weighted by atomic mass is 10.0. The maximum Gasteiger partial charge on any atom is 0.163 e. The van der Waals surface area contributed by atoms with E-state index in [-0.39, 0.29) is 5.56 Å². The molecule has 1 aromatic carbocycles. The van der Waals surface area contributed by atoms with Crippen molar-refractivity contribution in [2.24, 2.45) is 9.98 Å². The van der Waals surface area contributed by atoms with Gasteiger partial charge in [-0.3, -0.25) is 9.98 Å². The van der Waals surface area contributed by atoms with E-state index in [9.17, 15) is 8.78 Å². The summed E-state index contributed by atoms with van der Waals surface area (Å²) < 4.78 is 26.6. The van der Waals surface area contributed by atoms with Crippen molar-refractivity contribution in [3.05, 3.63) is 41.0 Å². The second-order valence-corrected chi connectivity index (χ2v) is 4.43. The summed E-state index contributed by atoms with van der Waals surface area (Å²) in [6.45, 7) is 7.29. The van der Waals surface area contributed by atoms with Gasteiger partial charge < -0.3 is 0 Å². The summed E-state index contributed by atoms with van der Waals surface area (Å²) in [6, 6.07) is 2.58. The van der Waals surface area contributed by atoms with E-state index in [1.807, 2.05) is 26.8 Å². The Morgan fingerprint density at radius 2 is 1.95 bits per heavy atom. The normalized spacial score (nSPS) is 13.8. The standard InChI is InChI=1S/C16H20F2N2/c1-6-12(14(7-2)19-5)11(4)20-15-9-8-13(17)16(18)10(15)3/h6,8-9H,7H2,1-5H3/b12-6-,19-14?,20-11?. The molecular formula is C16H20F2N2. The minimum atomic E-state index is -0.852. The summed E-state index contributed by atoms with van der Waals surface area (Å²) in [6.07, 6.45) is 2.72. The van der Waals surface area contributed by atoms with E-state index >= 15 is 0 Å². The van der Waals surface area contributed by atoms with Gasteiger partial charge in [-0.1, -0.05) is 13.0 Å². The van der Waals surface area contributed by atoms with Crippen molar-refractivity contribution >= 4 is 17.1 Å². The monoisotopic (exact) mass is 278 g/mol. The van der Waals surface area contributed by atoms with Gasteiger partial charge in [0.25, 0.3) is 0 Å². The highest BCUT2D eigenvalue weighted by Gasteiger charge is 2.11. The van der Waals surface area contributed by atoms with Crippen LogP contribution in [0.5, 0.6) is 0 Å². The van der Waals surface area contributed by atoms with Gasteiger partial charge in [0, 0.05) is 29.6 Å². The average molecular weight is 278 g/mol. The Labute approximate surface area is 119 Å². The SMILES string of the molecule is C/C=C(/C(C)=Nc1ccc(F)c(F)c1C)C(CC)=NC. The predicted molar refractivity (Wildman–Crippen MR) is 81.3 cm³/mol. The first kappa shape index (κ1) is 16.2. The summed E-state index contributed by atoms with van der Waals surface area (Å²) in [7, 11) is 1.73. The molecule has 0 saturated carbocycles. The predicted octanol–water partition coefficient (Wildman–Crippen LogP) is 4.79. The second-order valence-electron chi connectivity index (χ2n) is 4.43. The van der Waals surface area contributed by atoms with E-state index in [0.29, 0.717) is 5.69 Å². The number of allylic oxidation sites excluding steroid dienone is 2. The van der Waals surface area contributed by atoms with E-state index < -0.39 is 11.6 Å². The first-order valence-corrected chi connectivity index (χ1v) is 6.58. The lowest BCUT2D eigenvalue weighted by Crippen LogP contribution is -2.09. The quantitative estimate of drug-likeness (QED) is 0.707. The first-order chi connectivity index (χ1) is 9.46. The molecule has 0 N–H and O–H groups in total. The van der Waals surface area contributed by atoms with Crippen LogP contribution in [0.1, 0.15) is 32.8 Å². The van der Waals surface area contributed by atoms with Gasteiger partial charge in [0.2, 0.25) is 0 Å². The minimum absolute atomic E-state index is 0.214. The van der Waals surface area contributed by atoms with Crippen LogP contribution in [0.3, 0.4) is 0 Å². The molecule has 0 bridgehead atoms. The highest BCUT2D eigenvalue weighted by atomic mass is 19.2. The molecule has 0 radical (unpaired) electrons. The Kier molecular flexibility index (Phi) is 5.74. The fourth-order valence-electron chi connectivity index (χ4n) is 2.06. The summed E-state index contributed by atoms with van der Waals surface area (Å²) >= 11 is 0. The van der Waals surface area contributed by atoms with Crippen molar-refractivity contribution in [1.29, 1.82) is 0 Å². The Morgan fingerprint density at radius 1 is 1.30 bits per heavy atom. The number of rotatable bonds is 4. The van der Waals surface area contributed by atoms with E-state index in [1.54, 1.807) is 7.05 Å². The molecule has 0 aromatic heterocycles. The van der Waals surface area contributed by atoms with Gasteiger partial charge >= 0.3 is 0 Å². The number of benzene rings is 1. The lowest BCUT2D eigenvalue weighted by molar-refractivity contribution is 0.503. The van der Waals surface area contributed by atoms with Gasteiger partial charge in [-0.2, -0.15) is 0 Å². The number of hydrogen-bond acceptors (Lipinski definition) is 2. The molecule has 0 fully saturated rings. The highest BCUT2D eigenvalue weighted by molar-refractivity contribution is 6.23. The molecule has 0 spiro atoms. The molecule has 2 nitrogen and oxygen atoms in total. The molecule has 1 aromatic rings. The summed E-state index contributed by atoms with van der Waals surface area (Å²) in [5, 5.41) is 0. The van der Waals surface area contributed by atoms with Crippen LogP contribution in [-0.2, 0) is 0 Å². The molecule has 0 aliphatic rings. The van der Waals surface area contributed by atoms with Crippen molar-refractivity contribution in [3.8, 4) is 0 Å². The van der Waals surface area contributed by atoms with Gasteiger partial charge in [0.15, 0.2) is 11.6 Å². The van der Waals surface area contributed by atoms with Crippen LogP contribution in [0.25, 0.3) is 0 Å². The third kappa shape index (κ3) is 3.38. The van der Waals surface area contributed by atoms with Crippen molar-refractivity contribution in [2.75, 3.05) is 7.05 Å². The van der Waals surface area contributed by atoms with E-state index in [2.05, 4.69) is 9.98 Å². The average Bonchev–Trinajstić information content (AvgIpc) is 2.45. The molecular weight excluding hydrogens is 258 g/mol. The molecule has 0 aliphatic carbocycles. The zero-order valence-electron chi connectivity index (χ0n) is 12.6. The highest BCUT2D eigenvalue weighted by Crippen LogP contribution is 2.24. The van der Waals surface area contributed by atoms with Crippen LogP contribution >= 0.6 is 0 Å². The maximum atomic E-state index is 13.5. The van der Waals surface area contributed by atoms with Gasteiger partial charge in [-0.25, -0.2) is 8.78 Å². The number of aliphatic imine (C=N–C) groups is 2. The molecule has 4 heteroatoms. The van der Waals surface area contributed by atoms with Crippen molar-refractivity contribution in [2.45, 2.75) is 34.1 Å². The zero-order valence-corrected chi connectivity index (χ0v) is 12.6. The smallest absolute Gasteiger partial charge is 0.163 e. The van der Waals surface area contributed by atoms with Crippen molar-refractivity contribution in [3.63, 3.8) is 0 Å². The summed E-state index contributed by atoms with van der Waals surface area (Å²) in [5.74, 6) is -1.70. The van der Waals surface area contributed by atoms with Crippen molar-refractivity contribution < 1.29 is 8.78 Å².